The molecule has 0 saturated heterocycles. The van der Waals surface area contributed by atoms with Crippen LogP contribution in [0.1, 0.15) is 58.3 Å². The van der Waals surface area contributed by atoms with Crippen molar-refractivity contribution >= 4 is 5.97 Å². The summed E-state index contributed by atoms with van der Waals surface area (Å²) in [7, 11) is 0. The third-order valence-corrected chi connectivity index (χ3v) is 3.80. The molecule has 0 aromatic rings. The average Bonchev–Trinajstić information content (AvgIpc) is 2.66. The first kappa shape index (κ1) is 25.1. The van der Waals surface area contributed by atoms with Gasteiger partial charge in [-0.05, 0) is 25.7 Å². The van der Waals surface area contributed by atoms with Gasteiger partial charge in [0.05, 0.1) is 12.5 Å². The lowest BCUT2D eigenvalue weighted by atomic mass is 10.1. The molecule has 0 fully saturated rings. The van der Waals surface area contributed by atoms with E-state index in [9.17, 15) is 9.90 Å². The molecule has 0 spiro atoms. The van der Waals surface area contributed by atoms with Crippen molar-refractivity contribution in [3.05, 3.63) is 60.8 Å². The summed E-state index contributed by atoms with van der Waals surface area (Å²) >= 11 is 0. The number of aliphatic hydroxyl groups excluding tert-OH is 1. The van der Waals surface area contributed by atoms with Crippen molar-refractivity contribution < 1.29 is 14.7 Å². The highest BCUT2D eigenvalue weighted by molar-refractivity contribution is 5.69. The lowest BCUT2D eigenvalue weighted by molar-refractivity contribution is -0.144. The zero-order valence-corrected chi connectivity index (χ0v) is 16.5. The van der Waals surface area contributed by atoms with Crippen LogP contribution in [0.4, 0.5) is 0 Å². The Kier molecular flexibility index (Phi) is 17.5. The maximum atomic E-state index is 10.8. The Hall–Kier alpha value is -1.95. The minimum atomic E-state index is -0.505. The highest BCUT2D eigenvalue weighted by Crippen LogP contribution is 2.03. The largest absolute Gasteiger partial charge is 0.389 e. The average molecular weight is 377 g/mol. The van der Waals surface area contributed by atoms with Crippen molar-refractivity contribution in [1.82, 2.24) is 0 Å². The number of unbranched alkanes of at least 4 members (excludes halogenated alkanes) is 2. The fraction of sp³-hybridized carbons (Fsp3) is 0.500. The molecule has 0 aromatic heterocycles. The van der Waals surface area contributed by atoms with Gasteiger partial charge in [0.25, 0.3) is 0 Å². The molecular weight excluding hydrogens is 340 g/mol. The number of allylic oxidation sites excluding steroid dienone is 7. The standard InChI is InChI=1S/C22H36N2O3/c1-2-3-10-15-20(23)16-11-8-9-13-18-21(25)17-12-6-4-5-7-14-19-22(26)27-24/h5-9,11-13,16,18,20-21,25H,2-4,10,14-15,17,19,23-24H2,1H3/b7-5-,9-8-,12-6-,16-11+,18-13-. The maximum absolute atomic E-state index is 10.8. The van der Waals surface area contributed by atoms with E-state index in [2.05, 4.69) is 11.8 Å². The first-order valence-corrected chi connectivity index (χ1v) is 9.75. The Morgan fingerprint density at radius 3 is 2.44 bits per heavy atom. The number of rotatable bonds is 15. The Morgan fingerprint density at radius 2 is 1.74 bits per heavy atom. The van der Waals surface area contributed by atoms with Crippen molar-refractivity contribution in [2.75, 3.05) is 0 Å². The molecule has 0 heterocycles. The van der Waals surface area contributed by atoms with Crippen LogP contribution in [-0.4, -0.2) is 23.2 Å². The highest BCUT2D eigenvalue weighted by Gasteiger charge is 1.96. The second-order valence-corrected chi connectivity index (χ2v) is 6.32. The molecule has 0 aromatic carbocycles. The number of nitrogens with two attached hydrogens (primary N) is 2. The molecule has 152 valence electrons. The zero-order valence-electron chi connectivity index (χ0n) is 16.5. The van der Waals surface area contributed by atoms with E-state index < -0.39 is 12.1 Å². The Labute approximate surface area is 164 Å². The smallest absolute Gasteiger partial charge is 0.324 e. The summed E-state index contributed by atoms with van der Waals surface area (Å²) in [5.41, 5.74) is 5.99. The number of hydrogen-bond donors (Lipinski definition) is 3. The van der Waals surface area contributed by atoms with Crippen LogP contribution in [0, 0.1) is 0 Å². The normalized spacial score (nSPS) is 15.0. The van der Waals surface area contributed by atoms with E-state index in [0.29, 0.717) is 12.8 Å². The van der Waals surface area contributed by atoms with Gasteiger partial charge in [0, 0.05) is 6.04 Å². The Bertz CT molecular complexity index is 508. The summed E-state index contributed by atoms with van der Waals surface area (Å²) in [6.45, 7) is 2.18. The molecule has 5 heteroatoms. The Balaban J connectivity index is 3.83. The lowest BCUT2D eigenvalue weighted by Crippen LogP contribution is -2.16. The summed E-state index contributed by atoms with van der Waals surface area (Å²) in [6, 6.07) is 0.115. The summed E-state index contributed by atoms with van der Waals surface area (Å²) in [6.07, 6.45) is 25.5. The fourth-order valence-corrected chi connectivity index (χ4v) is 2.22. The van der Waals surface area contributed by atoms with Crippen LogP contribution >= 0.6 is 0 Å². The van der Waals surface area contributed by atoms with E-state index in [1.54, 1.807) is 6.08 Å². The molecule has 2 unspecified atom stereocenters. The van der Waals surface area contributed by atoms with Crippen molar-refractivity contribution in [1.29, 1.82) is 0 Å². The van der Waals surface area contributed by atoms with E-state index in [0.717, 1.165) is 12.8 Å². The highest BCUT2D eigenvalue weighted by atomic mass is 16.7. The molecule has 0 aliphatic rings. The van der Waals surface area contributed by atoms with Crippen LogP contribution in [0.5, 0.6) is 0 Å². The second-order valence-electron chi connectivity index (χ2n) is 6.32. The zero-order chi connectivity index (χ0) is 20.2. The molecule has 0 aliphatic heterocycles. The number of carbonyl (C=O) groups excluding carboxylic acids is 1. The summed E-state index contributed by atoms with van der Waals surface area (Å²) in [4.78, 5) is 14.9. The number of aliphatic hydroxyl groups is 1. The molecule has 0 aliphatic carbocycles. The fourth-order valence-electron chi connectivity index (χ4n) is 2.22. The van der Waals surface area contributed by atoms with Crippen LogP contribution in [0.25, 0.3) is 0 Å². The van der Waals surface area contributed by atoms with Crippen LogP contribution in [0.15, 0.2) is 60.8 Å². The molecular formula is C22H36N2O3. The van der Waals surface area contributed by atoms with Crippen molar-refractivity contribution in [2.24, 2.45) is 11.6 Å². The first-order chi connectivity index (χ1) is 13.1. The van der Waals surface area contributed by atoms with Gasteiger partial charge < -0.3 is 15.7 Å². The second kappa shape index (κ2) is 18.8. The summed E-state index contributed by atoms with van der Waals surface area (Å²) < 4.78 is 0. The predicted molar refractivity (Wildman–Crippen MR) is 113 cm³/mol. The molecule has 5 N–H and O–H groups in total. The quantitative estimate of drug-likeness (QED) is 0.174. The van der Waals surface area contributed by atoms with Gasteiger partial charge in [-0.3, -0.25) is 4.79 Å². The molecule has 27 heavy (non-hydrogen) atoms. The third-order valence-electron chi connectivity index (χ3n) is 3.80. The van der Waals surface area contributed by atoms with Gasteiger partial charge in [0.1, 0.15) is 0 Å². The minimum Gasteiger partial charge on any atom is -0.389 e. The van der Waals surface area contributed by atoms with Crippen LogP contribution in [-0.2, 0) is 9.63 Å². The number of carbonyl (C=O) groups is 1. The molecule has 5 nitrogen and oxygen atoms in total. The van der Waals surface area contributed by atoms with Crippen LogP contribution in [0.2, 0.25) is 0 Å². The van der Waals surface area contributed by atoms with Crippen molar-refractivity contribution in [2.45, 2.75) is 70.4 Å². The minimum absolute atomic E-state index is 0.115. The van der Waals surface area contributed by atoms with Gasteiger partial charge in [0.2, 0.25) is 0 Å². The SMILES string of the molecule is CCCCCC(N)/C=C/C=C\C=C/C(O)C/C=C\C/C=C\CCC(=O)ON. The van der Waals surface area contributed by atoms with Gasteiger partial charge in [-0.1, -0.05) is 86.9 Å². The molecule has 0 amide bonds. The molecule has 0 saturated carbocycles. The monoisotopic (exact) mass is 376 g/mol. The van der Waals surface area contributed by atoms with E-state index in [-0.39, 0.29) is 12.5 Å². The number of hydrogen-bond acceptors (Lipinski definition) is 5. The lowest BCUT2D eigenvalue weighted by Gasteiger charge is -2.04. The van der Waals surface area contributed by atoms with Gasteiger partial charge >= 0.3 is 5.97 Å². The van der Waals surface area contributed by atoms with Gasteiger partial charge in [-0.2, -0.15) is 5.90 Å². The van der Waals surface area contributed by atoms with Gasteiger partial charge in [-0.25, -0.2) is 0 Å². The predicted octanol–water partition coefficient (Wildman–Crippen LogP) is 4.01. The van der Waals surface area contributed by atoms with Crippen molar-refractivity contribution in [3.8, 4) is 0 Å². The summed E-state index contributed by atoms with van der Waals surface area (Å²) in [5, 5.41) is 9.85. The summed E-state index contributed by atoms with van der Waals surface area (Å²) in [5.74, 6) is 4.33. The third kappa shape index (κ3) is 18.6. The topological polar surface area (TPSA) is 98.6 Å². The van der Waals surface area contributed by atoms with E-state index in [4.69, 9.17) is 11.6 Å². The molecule has 0 radical (unpaired) electrons. The van der Waals surface area contributed by atoms with E-state index in [1.165, 1.54) is 19.3 Å². The van der Waals surface area contributed by atoms with Gasteiger partial charge in [-0.15, -0.1) is 0 Å². The maximum Gasteiger partial charge on any atom is 0.324 e. The Morgan fingerprint density at radius 1 is 1.04 bits per heavy atom. The molecule has 0 rings (SSSR count). The first-order valence-electron chi connectivity index (χ1n) is 9.75. The van der Waals surface area contributed by atoms with Crippen LogP contribution in [0.3, 0.4) is 0 Å². The van der Waals surface area contributed by atoms with Crippen molar-refractivity contribution in [3.63, 3.8) is 0 Å². The molecule has 0 bridgehead atoms. The molecule has 2 atom stereocenters. The van der Waals surface area contributed by atoms with E-state index in [1.807, 2.05) is 54.7 Å². The van der Waals surface area contributed by atoms with E-state index >= 15 is 0 Å². The van der Waals surface area contributed by atoms with Gasteiger partial charge in [0.15, 0.2) is 0 Å². The van der Waals surface area contributed by atoms with Crippen LogP contribution < -0.4 is 11.6 Å².